The second kappa shape index (κ2) is 8.80. The van der Waals surface area contributed by atoms with Gasteiger partial charge in [-0.25, -0.2) is 8.78 Å². The topological polar surface area (TPSA) is 32.3 Å². The third-order valence-corrected chi connectivity index (χ3v) is 4.59. The summed E-state index contributed by atoms with van der Waals surface area (Å²) in [6.45, 7) is 7.63. The van der Waals surface area contributed by atoms with Crippen molar-refractivity contribution in [1.82, 2.24) is 10.2 Å². The number of benzene rings is 1. The highest BCUT2D eigenvalue weighted by molar-refractivity contribution is 5.94. The van der Waals surface area contributed by atoms with Crippen LogP contribution in [0.1, 0.15) is 56.5 Å². The molecule has 144 valence electrons. The number of rotatable bonds is 5. The Hall–Kier alpha value is -2.69. The highest BCUT2D eigenvalue weighted by Gasteiger charge is 2.20. The Morgan fingerprint density at radius 1 is 1.22 bits per heavy atom. The molecule has 0 bridgehead atoms. The second-order valence-corrected chi connectivity index (χ2v) is 6.60. The van der Waals surface area contributed by atoms with Gasteiger partial charge in [-0.05, 0) is 62.6 Å². The quantitative estimate of drug-likeness (QED) is 0.736. The van der Waals surface area contributed by atoms with Crippen molar-refractivity contribution in [2.24, 2.45) is 0 Å². The van der Waals surface area contributed by atoms with Crippen molar-refractivity contribution in [3.8, 4) is 0 Å². The van der Waals surface area contributed by atoms with E-state index in [2.05, 4.69) is 18.3 Å². The van der Waals surface area contributed by atoms with Crippen molar-refractivity contribution in [3.05, 3.63) is 76.3 Å². The maximum Gasteiger partial charge on any atom is 0.251 e. The maximum absolute atomic E-state index is 14.6. The van der Waals surface area contributed by atoms with Crippen LogP contribution in [-0.4, -0.2) is 17.9 Å². The van der Waals surface area contributed by atoms with E-state index in [0.29, 0.717) is 5.57 Å². The molecule has 0 atom stereocenters. The molecule has 1 aliphatic heterocycles. The molecule has 2 rings (SSSR count). The van der Waals surface area contributed by atoms with Crippen LogP contribution in [0.25, 0.3) is 5.57 Å². The van der Waals surface area contributed by atoms with Gasteiger partial charge in [-0.2, -0.15) is 0 Å². The monoisotopic (exact) mass is 372 g/mol. The molecular weight excluding hydrogens is 346 g/mol. The predicted molar refractivity (Wildman–Crippen MR) is 106 cm³/mol. The zero-order chi connectivity index (χ0) is 20.1. The first-order valence-electron chi connectivity index (χ1n) is 9.05. The molecule has 5 heteroatoms. The van der Waals surface area contributed by atoms with E-state index < -0.39 is 17.5 Å². The second-order valence-electron chi connectivity index (χ2n) is 6.60. The van der Waals surface area contributed by atoms with E-state index >= 15 is 0 Å². The largest absolute Gasteiger partial charge is 0.355 e. The number of unbranched alkanes of at least 4 members (excludes halogenated alkanes) is 1. The zero-order valence-electron chi connectivity index (χ0n) is 16.5. The van der Waals surface area contributed by atoms with Gasteiger partial charge >= 0.3 is 0 Å². The fraction of sp³-hybridized carbons (Fsp3) is 0.318. The van der Waals surface area contributed by atoms with E-state index in [1.807, 2.05) is 37.1 Å². The summed E-state index contributed by atoms with van der Waals surface area (Å²) in [6.07, 6.45) is 9.96. The van der Waals surface area contributed by atoms with Gasteiger partial charge in [0.15, 0.2) is 0 Å². The maximum atomic E-state index is 14.6. The minimum atomic E-state index is -0.753. The van der Waals surface area contributed by atoms with Gasteiger partial charge < -0.3 is 10.2 Å². The van der Waals surface area contributed by atoms with E-state index in [4.69, 9.17) is 0 Å². The van der Waals surface area contributed by atoms with Gasteiger partial charge in [-0.3, -0.25) is 4.79 Å². The van der Waals surface area contributed by atoms with Crippen molar-refractivity contribution in [3.63, 3.8) is 0 Å². The summed E-state index contributed by atoms with van der Waals surface area (Å²) in [5, 5.41) is 2.37. The normalized spacial score (nSPS) is 16.3. The predicted octanol–water partition coefficient (Wildman–Crippen LogP) is 5.53. The smallest absolute Gasteiger partial charge is 0.251 e. The lowest BCUT2D eigenvalue weighted by molar-refractivity contribution is 0.0962. The molecule has 1 amide bonds. The molecule has 27 heavy (non-hydrogen) atoms. The molecule has 0 aromatic heterocycles. The molecule has 1 aromatic carbocycles. The first-order valence-corrected chi connectivity index (χ1v) is 9.05. The number of amides is 1. The summed E-state index contributed by atoms with van der Waals surface area (Å²) in [5.74, 6) is -2.03. The number of hydrogen-bond donors (Lipinski definition) is 1. The Bertz CT molecular complexity index is 840. The van der Waals surface area contributed by atoms with Crippen LogP contribution in [0, 0.1) is 11.6 Å². The molecular formula is C22H26F2N2O. The Balaban J connectivity index is 2.51. The summed E-state index contributed by atoms with van der Waals surface area (Å²) in [7, 11) is 1.42. The molecule has 0 spiro atoms. The fourth-order valence-corrected chi connectivity index (χ4v) is 2.95. The standard InChI is InChI=1S/C22H26F2N2O/c1-6-7-8-18-11-14(2)9-10-26(18)16(4)15(3)21-19(23)12-17(13-20(21)24)22(27)25-5/h8-13H,6-7H2,1-5H3,(H,25,27)/b16-15+,18-8+. The van der Waals surface area contributed by atoms with Crippen LogP contribution in [0.2, 0.25) is 0 Å². The minimum absolute atomic E-state index is 0.0401. The third kappa shape index (κ3) is 4.54. The van der Waals surface area contributed by atoms with E-state index in [1.165, 1.54) is 7.05 Å². The lowest BCUT2D eigenvalue weighted by Gasteiger charge is -2.28. The molecule has 1 aromatic rings. The van der Waals surface area contributed by atoms with Crippen LogP contribution < -0.4 is 5.32 Å². The Kier molecular flexibility index (Phi) is 6.72. The van der Waals surface area contributed by atoms with E-state index in [-0.39, 0.29) is 11.1 Å². The number of nitrogens with one attached hydrogen (secondary N) is 1. The summed E-state index contributed by atoms with van der Waals surface area (Å²) >= 11 is 0. The van der Waals surface area contributed by atoms with Crippen LogP contribution in [0.5, 0.6) is 0 Å². The van der Waals surface area contributed by atoms with Gasteiger partial charge in [0.25, 0.3) is 5.91 Å². The van der Waals surface area contributed by atoms with Crippen molar-refractivity contribution in [2.75, 3.05) is 7.05 Å². The van der Waals surface area contributed by atoms with Crippen LogP contribution in [0.3, 0.4) is 0 Å². The molecule has 3 nitrogen and oxygen atoms in total. The molecule has 0 radical (unpaired) electrons. The fourth-order valence-electron chi connectivity index (χ4n) is 2.95. The van der Waals surface area contributed by atoms with Gasteiger partial charge in [0.2, 0.25) is 0 Å². The average Bonchev–Trinajstić information content (AvgIpc) is 2.64. The average molecular weight is 372 g/mol. The Morgan fingerprint density at radius 2 is 1.85 bits per heavy atom. The summed E-state index contributed by atoms with van der Waals surface area (Å²) in [6, 6.07) is 2.13. The number of allylic oxidation sites excluding steroid dienone is 6. The minimum Gasteiger partial charge on any atom is -0.355 e. The molecule has 1 N–H and O–H groups in total. The molecule has 1 aliphatic rings. The highest BCUT2D eigenvalue weighted by Crippen LogP contribution is 2.31. The first-order chi connectivity index (χ1) is 12.8. The van der Waals surface area contributed by atoms with E-state index in [0.717, 1.165) is 41.9 Å². The summed E-state index contributed by atoms with van der Waals surface area (Å²) in [5.41, 5.74) is 3.15. The number of halogens is 2. The molecule has 0 unspecified atom stereocenters. The Morgan fingerprint density at radius 3 is 2.41 bits per heavy atom. The summed E-state index contributed by atoms with van der Waals surface area (Å²) in [4.78, 5) is 13.6. The lowest BCUT2D eigenvalue weighted by atomic mass is 10.00. The van der Waals surface area contributed by atoms with Crippen LogP contribution >= 0.6 is 0 Å². The third-order valence-electron chi connectivity index (χ3n) is 4.59. The highest BCUT2D eigenvalue weighted by atomic mass is 19.1. The molecule has 0 saturated carbocycles. The van der Waals surface area contributed by atoms with Crippen molar-refractivity contribution < 1.29 is 13.6 Å². The SMILES string of the molecule is CCC/C=C1\C=C(C)C=CN1/C(C)=C(\C)c1c(F)cc(C(=O)NC)cc1F. The Labute approximate surface area is 159 Å². The van der Waals surface area contributed by atoms with Gasteiger partial charge in [0.05, 0.1) is 5.56 Å². The zero-order valence-corrected chi connectivity index (χ0v) is 16.5. The van der Waals surface area contributed by atoms with Crippen LogP contribution in [-0.2, 0) is 0 Å². The number of hydrogen-bond acceptors (Lipinski definition) is 2. The van der Waals surface area contributed by atoms with E-state index in [1.54, 1.807) is 6.92 Å². The number of nitrogens with zero attached hydrogens (tertiary/aromatic N) is 1. The summed E-state index contributed by atoms with van der Waals surface area (Å²) < 4.78 is 29.3. The first kappa shape index (κ1) is 20.6. The van der Waals surface area contributed by atoms with Gasteiger partial charge in [0, 0.05) is 30.2 Å². The lowest BCUT2D eigenvalue weighted by Crippen LogP contribution is -2.19. The van der Waals surface area contributed by atoms with Crippen molar-refractivity contribution >= 4 is 11.5 Å². The van der Waals surface area contributed by atoms with Gasteiger partial charge in [0.1, 0.15) is 11.6 Å². The molecule has 1 heterocycles. The van der Waals surface area contributed by atoms with Crippen LogP contribution in [0.15, 0.2) is 53.5 Å². The van der Waals surface area contributed by atoms with Gasteiger partial charge in [-0.15, -0.1) is 0 Å². The van der Waals surface area contributed by atoms with E-state index in [9.17, 15) is 13.6 Å². The number of carbonyl (C=O) groups is 1. The molecule has 0 aliphatic carbocycles. The molecule has 0 saturated heterocycles. The number of carbonyl (C=O) groups excluding carboxylic acids is 1. The van der Waals surface area contributed by atoms with Gasteiger partial charge in [-0.1, -0.05) is 19.4 Å². The van der Waals surface area contributed by atoms with Crippen molar-refractivity contribution in [2.45, 2.75) is 40.5 Å². The van der Waals surface area contributed by atoms with Crippen LogP contribution in [0.4, 0.5) is 8.78 Å². The van der Waals surface area contributed by atoms with Crippen molar-refractivity contribution in [1.29, 1.82) is 0 Å². The molecule has 0 fully saturated rings.